The maximum absolute atomic E-state index is 11.5. The highest BCUT2D eigenvalue weighted by atomic mass is 16.4. The first-order valence-corrected chi connectivity index (χ1v) is 8.09. The van der Waals surface area contributed by atoms with Crippen LogP contribution in [0.15, 0.2) is 42.0 Å². The molecule has 0 fully saturated rings. The SMILES string of the molecule is CC(C)=CCC[C@H](C)CCN(C(=O)O)[C@H](C)c1ccccc1. The highest BCUT2D eigenvalue weighted by Crippen LogP contribution is 2.22. The summed E-state index contributed by atoms with van der Waals surface area (Å²) in [4.78, 5) is 13.1. The number of nitrogens with zero attached hydrogens (tertiary/aromatic N) is 1. The van der Waals surface area contributed by atoms with E-state index < -0.39 is 6.09 Å². The molecular weight excluding hydrogens is 274 g/mol. The Morgan fingerprint density at radius 2 is 1.82 bits per heavy atom. The van der Waals surface area contributed by atoms with Gasteiger partial charge in [0.1, 0.15) is 0 Å². The lowest BCUT2D eigenvalue weighted by Crippen LogP contribution is -2.33. The van der Waals surface area contributed by atoms with Crippen LogP contribution in [0.25, 0.3) is 0 Å². The van der Waals surface area contributed by atoms with Crippen molar-refractivity contribution in [1.82, 2.24) is 4.90 Å². The zero-order valence-corrected chi connectivity index (χ0v) is 14.2. The second-order valence-corrected chi connectivity index (χ2v) is 6.32. The summed E-state index contributed by atoms with van der Waals surface area (Å²) >= 11 is 0. The number of benzene rings is 1. The van der Waals surface area contributed by atoms with E-state index in [9.17, 15) is 9.90 Å². The van der Waals surface area contributed by atoms with Crippen molar-refractivity contribution in [2.24, 2.45) is 5.92 Å². The molecule has 3 heteroatoms. The standard InChI is InChI=1S/C19H29NO2/c1-15(2)9-8-10-16(3)13-14-20(19(21)22)17(4)18-11-6-5-7-12-18/h5-7,9,11-12,16-17H,8,10,13-14H2,1-4H3,(H,21,22)/t16-,17+/m0/s1. The molecule has 1 amide bonds. The summed E-state index contributed by atoms with van der Waals surface area (Å²) in [6.07, 6.45) is 4.49. The summed E-state index contributed by atoms with van der Waals surface area (Å²) < 4.78 is 0. The Balaban J connectivity index is 2.54. The topological polar surface area (TPSA) is 40.5 Å². The zero-order valence-electron chi connectivity index (χ0n) is 14.2. The van der Waals surface area contributed by atoms with Crippen molar-refractivity contribution in [2.45, 2.75) is 53.0 Å². The molecule has 0 bridgehead atoms. The average Bonchev–Trinajstić information content (AvgIpc) is 2.47. The normalized spacial score (nSPS) is 13.3. The Bertz CT molecular complexity index is 477. The fourth-order valence-corrected chi connectivity index (χ4v) is 2.53. The van der Waals surface area contributed by atoms with Gasteiger partial charge < -0.3 is 10.0 Å². The summed E-state index contributed by atoms with van der Waals surface area (Å²) in [5.74, 6) is 0.528. The van der Waals surface area contributed by atoms with Gasteiger partial charge in [0.15, 0.2) is 0 Å². The van der Waals surface area contributed by atoms with E-state index in [0.29, 0.717) is 12.5 Å². The van der Waals surface area contributed by atoms with Crippen LogP contribution in [0.1, 0.15) is 58.6 Å². The molecule has 0 saturated carbocycles. The van der Waals surface area contributed by atoms with E-state index in [1.165, 1.54) is 5.57 Å². The van der Waals surface area contributed by atoms with E-state index in [-0.39, 0.29) is 6.04 Å². The van der Waals surface area contributed by atoms with E-state index >= 15 is 0 Å². The Labute approximate surface area is 134 Å². The molecule has 1 aromatic carbocycles. The van der Waals surface area contributed by atoms with Crippen LogP contribution in [-0.4, -0.2) is 22.6 Å². The van der Waals surface area contributed by atoms with Crippen molar-refractivity contribution >= 4 is 6.09 Å². The maximum Gasteiger partial charge on any atom is 0.407 e. The molecule has 1 rings (SSSR count). The van der Waals surface area contributed by atoms with Crippen LogP contribution in [0, 0.1) is 5.92 Å². The molecule has 0 radical (unpaired) electrons. The Morgan fingerprint density at radius 1 is 1.18 bits per heavy atom. The van der Waals surface area contributed by atoms with Crippen LogP contribution in [0.2, 0.25) is 0 Å². The van der Waals surface area contributed by atoms with Gasteiger partial charge in [0, 0.05) is 6.54 Å². The molecule has 1 aromatic rings. The number of hydrogen-bond acceptors (Lipinski definition) is 1. The Morgan fingerprint density at radius 3 is 2.36 bits per heavy atom. The van der Waals surface area contributed by atoms with Crippen LogP contribution in [0.4, 0.5) is 4.79 Å². The van der Waals surface area contributed by atoms with Gasteiger partial charge in [-0.05, 0) is 51.5 Å². The summed E-state index contributed by atoms with van der Waals surface area (Å²) in [7, 11) is 0. The lowest BCUT2D eigenvalue weighted by atomic mass is 9.99. The van der Waals surface area contributed by atoms with Gasteiger partial charge >= 0.3 is 6.09 Å². The van der Waals surface area contributed by atoms with E-state index in [1.807, 2.05) is 37.3 Å². The minimum Gasteiger partial charge on any atom is -0.465 e. The molecular formula is C19H29NO2. The number of allylic oxidation sites excluding steroid dienone is 2. The molecule has 22 heavy (non-hydrogen) atoms. The molecule has 122 valence electrons. The van der Waals surface area contributed by atoms with Crippen LogP contribution in [0.3, 0.4) is 0 Å². The molecule has 3 nitrogen and oxygen atoms in total. The van der Waals surface area contributed by atoms with Crippen molar-refractivity contribution in [2.75, 3.05) is 6.54 Å². The van der Waals surface area contributed by atoms with Crippen molar-refractivity contribution in [1.29, 1.82) is 0 Å². The van der Waals surface area contributed by atoms with Gasteiger partial charge in [0.25, 0.3) is 0 Å². The summed E-state index contributed by atoms with van der Waals surface area (Å²) in [6, 6.07) is 9.72. The smallest absolute Gasteiger partial charge is 0.407 e. The summed E-state index contributed by atoms with van der Waals surface area (Å²) in [5, 5.41) is 9.48. The second-order valence-electron chi connectivity index (χ2n) is 6.32. The van der Waals surface area contributed by atoms with Crippen molar-refractivity contribution in [3.8, 4) is 0 Å². The monoisotopic (exact) mass is 303 g/mol. The van der Waals surface area contributed by atoms with Gasteiger partial charge in [-0.2, -0.15) is 0 Å². The molecule has 1 N–H and O–H groups in total. The number of carbonyl (C=O) groups is 1. The van der Waals surface area contributed by atoms with Gasteiger partial charge in [-0.1, -0.05) is 48.9 Å². The molecule has 0 spiro atoms. The fourth-order valence-electron chi connectivity index (χ4n) is 2.53. The zero-order chi connectivity index (χ0) is 16.5. The van der Waals surface area contributed by atoms with Crippen LogP contribution >= 0.6 is 0 Å². The van der Waals surface area contributed by atoms with Crippen molar-refractivity contribution in [3.05, 3.63) is 47.5 Å². The van der Waals surface area contributed by atoms with E-state index in [1.54, 1.807) is 4.90 Å². The van der Waals surface area contributed by atoms with Gasteiger partial charge in [-0.3, -0.25) is 0 Å². The quantitative estimate of drug-likeness (QED) is 0.644. The van der Waals surface area contributed by atoms with Crippen LogP contribution in [-0.2, 0) is 0 Å². The molecule has 2 atom stereocenters. The van der Waals surface area contributed by atoms with Crippen molar-refractivity contribution < 1.29 is 9.90 Å². The molecule has 0 heterocycles. The predicted octanol–water partition coefficient (Wildman–Crippen LogP) is 5.50. The predicted molar refractivity (Wildman–Crippen MR) is 92.0 cm³/mol. The summed E-state index contributed by atoms with van der Waals surface area (Å²) in [6.45, 7) is 8.96. The molecule has 0 saturated heterocycles. The average molecular weight is 303 g/mol. The van der Waals surface area contributed by atoms with Crippen molar-refractivity contribution in [3.63, 3.8) is 0 Å². The van der Waals surface area contributed by atoms with Gasteiger partial charge in [-0.25, -0.2) is 4.79 Å². The lowest BCUT2D eigenvalue weighted by molar-refractivity contribution is 0.124. The molecule has 0 aromatic heterocycles. The van der Waals surface area contributed by atoms with E-state index in [4.69, 9.17) is 0 Å². The third kappa shape index (κ3) is 6.33. The Hall–Kier alpha value is -1.77. The molecule has 0 unspecified atom stereocenters. The number of carboxylic acid groups (broad SMARTS) is 1. The number of hydrogen-bond donors (Lipinski definition) is 1. The maximum atomic E-state index is 11.5. The largest absolute Gasteiger partial charge is 0.465 e. The van der Waals surface area contributed by atoms with E-state index in [2.05, 4.69) is 26.8 Å². The first-order chi connectivity index (χ1) is 10.4. The highest BCUT2D eigenvalue weighted by Gasteiger charge is 2.20. The van der Waals surface area contributed by atoms with E-state index in [0.717, 1.165) is 24.8 Å². The number of rotatable bonds is 8. The second kappa shape index (κ2) is 9.29. The highest BCUT2D eigenvalue weighted by molar-refractivity contribution is 5.65. The summed E-state index contributed by atoms with van der Waals surface area (Å²) in [5.41, 5.74) is 2.39. The van der Waals surface area contributed by atoms with Gasteiger partial charge in [0.05, 0.1) is 6.04 Å². The Kier molecular flexibility index (Phi) is 7.72. The first-order valence-electron chi connectivity index (χ1n) is 8.09. The third-order valence-corrected chi connectivity index (χ3v) is 4.07. The third-order valence-electron chi connectivity index (χ3n) is 4.07. The molecule has 0 aliphatic rings. The van der Waals surface area contributed by atoms with Crippen LogP contribution < -0.4 is 0 Å². The first kappa shape index (κ1) is 18.3. The molecule has 0 aliphatic carbocycles. The fraction of sp³-hybridized carbons (Fsp3) is 0.526. The minimum absolute atomic E-state index is 0.108. The van der Waals surface area contributed by atoms with Gasteiger partial charge in [0.2, 0.25) is 0 Å². The minimum atomic E-state index is -0.840. The van der Waals surface area contributed by atoms with Gasteiger partial charge in [-0.15, -0.1) is 0 Å². The molecule has 0 aliphatic heterocycles. The van der Waals surface area contributed by atoms with Crippen LogP contribution in [0.5, 0.6) is 0 Å². The number of amides is 1. The lowest BCUT2D eigenvalue weighted by Gasteiger charge is -2.28.